The van der Waals surface area contributed by atoms with Crippen LogP contribution < -0.4 is 10.6 Å². The molecule has 3 aromatic rings. The van der Waals surface area contributed by atoms with Crippen LogP contribution >= 0.6 is 0 Å². The Labute approximate surface area is 168 Å². The largest absolute Gasteiger partial charge is 0.509 e. The molecule has 4 rings (SSSR count). The number of nitrogens with one attached hydrogen (secondary N) is 1. The molecule has 152 valence electrons. The van der Waals surface area contributed by atoms with Crippen molar-refractivity contribution in [3.63, 3.8) is 0 Å². The molecule has 3 aromatic heterocycles. The molecular weight excluding hydrogens is 372 g/mol. The predicted octanol–water partition coefficient (Wildman–Crippen LogP) is 3.13. The quantitative estimate of drug-likeness (QED) is 0.648. The van der Waals surface area contributed by atoms with Gasteiger partial charge in [0.05, 0.1) is 23.3 Å². The number of fused-ring (bicyclic) bond motifs is 1. The summed E-state index contributed by atoms with van der Waals surface area (Å²) in [6.45, 7) is 6.78. The molecule has 1 aliphatic rings. The highest BCUT2D eigenvalue weighted by Gasteiger charge is 2.29. The average Bonchev–Trinajstić information content (AvgIpc) is 3.26. The van der Waals surface area contributed by atoms with Crippen molar-refractivity contribution in [3.8, 4) is 11.3 Å². The maximum atomic E-state index is 12.0. The molecule has 9 nitrogen and oxygen atoms in total. The Morgan fingerprint density at radius 1 is 1.28 bits per heavy atom. The zero-order valence-electron chi connectivity index (χ0n) is 16.7. The smallest absolute Gasteiger partial charge is 0.429 e. The molecule has 1 atom stereocenters. The van der Waals surface area contributed by atoms with E-state index >= 15 is 0 Å². The summed E-state index contributed by atoms with van der Waals surface area (Å²) >= 11 is 0. The minimum absolute atomic E-state index is 0.217. The van der Waals surface area contributed by atoms with Gasteiger partial charge in [-0.25, -0.2) is 19.7 Å². The number of aromatic nitrogens is 4. The number of hydrogen-bond acceptors (Lipinski definition) is 8. The maximum Gasteiger partial charge on any atom is 0.509 e. The van der Waals surface area contributed by atoms with Crippen LogP contribution in [0.5, 0.6) is 0 Å². The SMILES string of the molecule is CC(C)(C)OC(=O)OC1CCN(c2ccnc3[nH]cc(-c4ccnc(N)n4)c23)C1. The van der Waals surface area contributed by atoms with E-state index in [4.69, 9.17) is 15.2 Å². The topological polar surface area (TPSA) is 119 Å². The summed E-state index contributed by atoms with van der Waals surface area (Å²) in [7, 11) is 0. The molecule has 29 heavy (non-hydrogen) atoms. The van der Waals surface area contributed by atoms with Crippen molar-refractivity contribution in [2.45, 2.75) is 38.9 Å². The molecule has 1 aliphatic heterocycles. The number of aromatic amines is 1. The predicted molar refractivity (Wildman–Crippen MR) is 109 cm³/mol. The Hall–Kier alpha value is -3.36. The van der Waals surface area contributed by atoms with Gasteiger partial charge in [0.2, 0.25) is 5.95 Å². The van der Waals surface area contributed by atoms with Gasteiger partial charge in [-0.05, 0) is 32.9 Å². The number of ether oxygens (including phenoxy) is 2. The lowest BCUT2D eigenvalue weighted by atomic mass is 10.1. The number of hydrogen-bond donors (Lipinski definition) is 2. The van der Waals surface area contributed by atoms with Crippen LogP contribution in [0.25, 0.3) is 22.3 Å². The molecule has 0 saturated carbocycles. The van der Waals surface area contributed by atoms with Gasteiger partial charge in [-0.1, -0.05) is 0 Å². The molecule has 0 radical (unpaired) electrons. The van der Waals surface area contributed by atoms with Crippen LogP contribution in [0, 0.1) is 0 Å². The Morgan fingerprint density at radius 2 is 2.07 bits per heavy atom. The summed E-state index contributed by atoms with van der Waals surface area (Å²) in [5.41, 5.74) is 8.55. The fraction of sp³-hybridized carbons (Fsp3) is 0.400. The lowest BCUT2D eigenvalue weighted by Crippen LogP contribution is -2.29. The van der Waals surface area contributed by atoms with Gasteiger partial charge in [0, 0.05) is 37.1 Å². The molecule has 9 heteroatoms. The molecule has 0 aliphatic carbocycles. The van der Waals surface area contributed by atoms with Gasteiger partial charge in [0.1, 0.15) is 17.4 Å². The van der Waals surface area contributed by atoms with Gasteiger partial charge in [-0.3, -0.25) is 0 Å². The van der Waals surface area contributed by atoms with Crippen molar-refractivity contribution >= 4 is 28.8 Å². The fourth-order valence-electron chi connectivity index (χ4n) is 3.48. The van der Waals surface area contributed by atoms with Crippen LogP contribution in [-0.4, -0.2) is 50.9 Å². The molecule has 3 N–H and O–H groups in total. The van der Waals surface area contributed by atoms with Gasteiger partial charge in [-0.15, -0.1) is 0 Å². The van der Waals surface area contributed by atoms with Gasteiger partial charge >= 0.3 is 6.16 Å². The third-order valence-electron chi connectivity index (χ3n) is 4.64. The molecule has 4 heterocycles. The molecular formula is C20H24N6O3. The summed E-state index contributed by atoms with van der Waals surface area (Å²) in [5, 5.41) is 0.948. The zero-order valence-corrected chi connectivity index (χ0v) is 16.7. The van der Waals surface area contributed by atoms with E-state index in [2.05, 4.69) is 24.8 Å². The minimum Gasteiger partial charge on any atom is -0.429 e. The Bertz CT molecular complexity index is 1040. The van der Waals surface area contributed by atoms with E-state index in [-0.39, 0.29) is 12.1 Å². The summed E-state index contributed by atoms with van der Waals surface area (Å²) in [4.78, 5) is 30.1. The van der Waals surface area contributed by atoms with E-state index in [9.17, 15) is 4.79 Å². The van der Waals surface area contributed by atoms with Crippen molar-refractivity contribution in [3.05, 3.63) is 30.7 Å². The fourth-order valence-corrected chi connectivity index (χ4v) is 3.48. The number of carbonyl (C=O) groups excluding carboxylic acids is 1. The summed E-state index contributed by atoms with van der Waals surface area (Å²) in [6, 6.07) is 3.77. The van der Waals surface area contributed by atoms with E-state index in [1.54, 1.807) is 12.4 Å². The third kappa shape index (κ3) is 4.08. The summed E-state index contributed by atoms with van der Waals surface area (Å²) in [6.07, 6.45) is 5.12. The Kier molecular flexibility index (Phi) is 4.73. The number of nitrogens with two attached hydrogens (primary N) is 1. The molecule has 0 spiro atoms. The number of nitrogen functional groups attached to an aromatic ring is 1. The molecule has 0 amide bonds. The van der Waals surface area contributed by atoms with E-state index in [0.29, 0.717) is 6.54 Å². The van der Waals surface area contributed by atoms with E-state index in [1.165, 1.54) is 0 Å². The van der Waals surface area contributed by atoms with Gasteiger partial charge in [0.15, 0.2) is 0 Å². The number of carbonyl (C=O) groups is 1. The van der Waals surface area contributed by atoms with E-state index in [0.717, 1.165) is 40.9 Å². The highest BCUT2D eigenvalue weighted by atomic mass is 16.7. The van der Waals surface area contributed by atoms with E-state index < -0.39 is 11.8 Å². The number of anilines is 2. The maximum absolute atomic E-state index is 12.0. The molecule has 1 fully saturated rings. The van der Waals surface area contributed by atoms with Crippen molar-refractivity contribution in [2.75, 3.05) is 23.7 Å². The number of pyridine rings is 1. The standard InChI is InChI=1S/C20H24N6O3/c1-20(2,3)29-19(27)28-12-6-9-26(11-12)15-5-8-22-17-16(15)13(10-24-17)14-4-7-23-18(21)25-14/h4-5,7-8,10,12H,6,9,11H2,1-3H3,(H,22,24)(H2,21,23,25). The molecule has 0 aromatic carbocycles. The number of nitrogens with zero attached hydrogens (tertiary/aromatic N) is 4. The van der Waals surface area contributed by atoms with Crippen LogP contribution in [-0.2, 0) is 9.47 Å². The van der Waals surface area contributed by atoms with Crippen molar-refractivity contribution in [2.24, 2.45) is 0 Å². The highest BCUT2D eigenvalue weighted by Crippen LogP contribution is 2.36. The number of H-pyrrole nitrogens is 1. The first-order valence-electron chi connectivity index (χ1n) is 9.50. The van der Waals surface area contributed by atoms with Gasteiger partial charge in [-0.2, -0.15) is 0 Å². The lowest BCUT2D eigenvalue weighted by molar-refractivity contribution is -0.0225. The summed E-state index contributed by atoms with van der Waals surface area (Å²) < 4.78 is 10.8. The van der Waals surface area contributed by atoms with Crippen LogP contribution in [0.2, 0.25) is 0 Å². The van der Waals surface area contributed by atoms with Crippen LogP contribution in [0.15, 0.2) is 30.7 Å². The molecule has 1 saturated heterocycles. The molecule has 0 bridgehead atoms. The van der Waals surface area contributed by atoms with E-state index in [1.807, 2.05) is 39.1 Å². The highest BCUT2D eigenvalue weighted by molar-refractivity contribution is 6.02. The van der Waals surface area contributed by atoms with Crippen molar-refractivity contribution in [1.29, 1.82) is 0 Å². The number of rotatable bonds is 3. The monoisotopic (exact) mass is 396 g/mol. The first-order valence-corrected chi connectivity index (χ1v) is 9.50. The second kappa shape index (κ2) is 7.23. The van der Waals surface area contributed by atoms with Gasteiger partial charge < -0.3 is 25.1 Å². The second-order valence-electron chi connectivity index (χ2n) is 8.00. The second-order valence-corrected chi connectivity index (χ2v) is 8.00. The lowest BCUT2D eigenvalue weighted by Gasteiger charge is -2.22. The van der Waals surface area contributed by atoms with Crippen molar-refractivity contribution in [1.82, 2.24) is 19.9 Å². The zero-order chi connectivity index (χ0) is 20.6. The normalized spacial score (nSPS) is 16.9. The van der Waals surface area contributed by atoms with Crippen LogP contribution in [0.3, 0.4) is 0 Å². The Balaban J connectivity index is 1.59. The average molecular weight is 396 g/mol. The summed E-state index contributed by atoms with van der Waals surface area (Å²) in [5.74, 6) is 0.217. The molecule has 1 unspecified atom stereocenters. The van der Waals surface area contributed by atoms with Gasteiger partial charge in [0.25, 0.3) is 0 Å². The van der Waals surface area contributed by atoms with Crippen molar-refractivity contribution < 1.29 is 14.3 Å². The minimum atomic E-state index is -0.636. The van der Waals surface area contributed by atoms with Crippen LogP contribution in [0.4, 0.5) is 16.4 Å². The first kappa shape index (κ1) is 19.0. The third-order valence-corrected chi connectivity index (χ3v) is 4.64. The van der Waals surface area contributed by atoms with Crippen LogP contribution in [0.1, 0.15) is 27.2 Å². The first-order chi connectivity index (χ1) is 13.8. The Morgan fingerprint density at radius 3 is 2.83 bits per heavy atom.